The predicted octanol–water partition coefficient (Wildman–Crippen LogP) is 8.07. The van der Waals surface area contributed by atoms with E-state index in [-0.39, 0.29) is 5.03 Å². The van der Waals surface area contributed by atoms with E-state index in [1.165, 1.54) is 116 Å². The van der Waals surface area contributed by atoms with Gasteiger partial charge in [0.2, 0.25) is 0 Å². The van der Waals surface area contributed by atoms with Gasteiger partial charge in [0.05, 0.1) is 11.6 Å². The van der Waals surface area contributed by atoms with Crippen LogP contribution in [0.25, 0.3) is 0 Å². The largest absolute Gasteiger partial charge is 0.492 e. The standard InChI is InChI=1S/C15H17N2O14P3S.2C12H27N/c18-10-6-11(35-8-4-2-1-3-5-8)17(15(21)16-10)14-13(20)12(19)9(28-14)7-27-34(26)30-32(22,23)29-33(24,25)31-34;2*1-4-7-10-13(11-8-5-2)12-9-6-3/h1-6,9,12-14,19-20H,7H2,(H,22,23)(H,24,25)(H,16,18,21);2*4-12H2,1-3H3/t9-,12-,13-,14-;;/m1../s1. The number of hydrogen-bond donors (Lipinski definition) is 5. The third kappa shape index (κ3) is 20.9. The molecule has 0 aliphatic carbocycles. The van der Waals surface area contributed by atoms with Crippen molar-refractivity contribution in [2.45, 2.75) is 153 Å². The summed E-state index contributed by atoms with van der Waals surface area (Å²) in [5.74, 6) is 0. The summed E-state index contributed by atoms with van der Waals surface area (Å²) in [5, 5.41) is 21.0. The maximum absolute atomic E-state index is 12.6. The first-order valence-corrected chi connectivity index (χ1v) is 26.8. The minimum atomic E-state index is -5.29. The molecule has 0 saturated carbocycles. The number of benzene rings is 1. The smallest absolute Gasteiger partial charge is 0.387 e. The highest BCUT2D eigenvalue weighted by atomic mass is 32.2. The van der Waals surface area contributed by atoms with Crippen LogP contribution in [0.3, 0.4) is 0 Å². The molecule has 352 valence electrons. The molecule has 0 radical (unpaired) electrons. The normalized spacial score (nSPS) is 26.2. The van der Waals surface area contributed by atoms with Crippen molar-refractivity contribution in [1.29, 1.82) is 0 Å². The van der Waals surface area contributed by atoms with Gasteiger partial charge < -0.3 is 34.5 Å². The number of nitrogens with one attached hydrogen (secondary N) is 1. The lowest BCUT2D eigenvalue weighted by Crippen LogP contribution is -2.38. The molecule has 5 N–H and O–H groups in total. The molecule has 6 atom stereocenters. The van der Waals surface area contributed by atoms with Crippen molar-refractivity contribution in [2.75, 3.05) is 45.9 Å². The summed E-state index contributed by atoms with van der Waals surface area (Å²) in [6, 6.07) is 9.66. The minimum Gasteiger partial charge on any atom is -0.387 e. The summed E-state index contributed by atoms with van der Waals surface area (Å²) in [4.78, 5) is 50.9. The molecule has 1 aromatic carbocycles. The Kier molecular flexibility index (Phi) is 26.6. The Balaban J connectivity index is 0.000000405. The molecular formula is C39H71N4O14P3S. The topological polar surface area (TPSA) is 240 Å². The lowest BCUT2D eigenvalue weighted by atomic mass is 10.1. The summed E-state index contributed by atoms with van der Waals surface area (Å²) in [5.41, 5.74) is -1.70. The molecule has 2 saturated heterocycles. The van der Waals surface area contributed by atoms with Crippen molar-refractivity contribution >= 4 is 35.2 Å². The van der Waals surface area contributed by atoms with Crippen LogP contribution in [0.2, 0.25) is 0 Å². The molecular weight excluding hydrogens is 873 g/mol. The second-order valence-corrected chi connectivity index (χ2v) is 20.9. The van der Waals surface area contributed by atoms with Crippen LogP contribution in [0.5, 0.6) is 0 Å². The van der Waals surface area contributed by atoms with Gasteiger partial charge in [0.1, 0.15) is 18.3 Å². The number of aliphatic hydroxyl groups excluding tert-OH is 2. The van der Waals surface area contributed by atoms with Crippen molar-refractivity contribution in [3.63, 3.8) is 0 Å². The Morgan fingerprint density at radius 1 is 0.689 bits per heavy atom. The van der Waals surface area contributed by atoms with Crippen LogP contribution in [0.1, 0.15) is 125 Å². The fourth-order valence-electron chi connectivity index (χ4n) is 6.09. The SMILES string of the molecule is CCCCN(CCCC)CCCC.CCCCN(CCCC)CCCC.O=c1cc(Sc2ccccc2)n([C@@H]2O[C@H](COP3(=O)OP(=O)(O)OP(=O)(O)O3)[C@@H](O)[C@H]2O)c(=O)[nH]1. The predicted molar refractivity (Wildman–Crippen MR) is 237 cm³/mol. The minimum absolute atomic E-state index is 0.0501. The van der Waals surface area contributed by atoms with E-state index in [2.05, 4.69) is 64.3 Å². The van der Waals surface area contributed by atoms with E-state index < -0.39 is 65.9 Å². The molecule has 2 aromatic rings. The maximum atomic E-state index is 12.6. The van der Waals surface area contributed by atoms with E-state index in [4.69, 9.17) is 9.26 Å². The van der Waals surface area contributed by atoms with E-state index in [1.807, 2.05) is 4.98 Å². The highest BCUT2D eigenvalue weighted by Crippen LogP contribution is 2.80. The first-order chi connectivity index (χ1) is 29.0. The van der Waals surface area contributed by atoms with Gasteiger partial charge in [-0.3, -0.25) is 18.9 Å². The monoisotopic (exact) mass is 944 g/mol. The van der Waals surface area contributed by atoms with E-state index in [0.717, 1.165) is 22.4 Å². The molecule has 0 spiro atoms. The van der Waals surface area contributed by atoms with Crippen LogP contribution in [-0.2, 0) is 35.9 Å². The molecule has 2 aliphatic heterocycles. The first kappa shape index (κ1) is 55.6. The number of aliphatic hydroxyl groups is 2. The van der Waals surface area contributed by atoms with Gasteiger partial charge >= 0.3 is 29.2 Å². The zero-order valence-electron chi connectivity index (χ0n) is 36.7. The quantitative estimate of drug-likeness (QED) is 0.0494. The van der Waals surface area contributed by atoms with E-state index in [9.17, 15) is 43.3 Å². The van der Waals surface area contributed by atoms with Crippen molar-refractivity contribution in [1.82, 2.24) is 19.4 Å². The fourth-order valence-corrected chi connectivity index (χ4v) is 12.0. The third-order valence-corrected chi connectivity index (χ3v) is 15.9. The Morgan fingerprint density at radius 3 is 1.52 bits per heavy atom. The summed E-state index contributed by atoms with van der Waals surface area (Å²) in [7, 11) is -15.7. The van der Waals surface area contributed by atoms with Crippen molar-refractivity contribution < 1.29 is 55.9 Å². The van der Waals surface area contributed by atoms with Gasteiger partial charge in [-0.2, -0.15) is 12.9 Å². The lowest BCUT2D eigenvalue weighted by Gasteiger charge is -2.27. The Hall–Kier alpha value is -1.50. The zero-order chi connectivity index (χ0) is 45.5. The zero-order valence-corrected chi connectivity index (χ0v) is 40.2. The van der Waals surface area contributed by atoms with Gasteiger partial charge in [0.25, 0.3) is 5.56 Å². The average Bonchev–Trinajstić information content (AvgIpc) is 3.47. The molecule has 1 aromatic heterocycles. The number of unbranched alkanes of at least 4 members (excludes halogenated alkanes) is 6. The molecule has 0 amide bonds. The molecule has 2 fully saturated rings. The van der Waals surface area contributed by atoms with Crippen LogP contribution in [-0.4, -0.2) is 104 Å². The number of phosphoric acid groups is 3. The Morgan fingerprint density at radius 2 is 1.11 bits per heavy atom. The van der Waals surface area contributed by atoms with Crippen LogP contribution in [0.4, 0.5) is 0 Å². The molecule has 2 aliphatic rings. The molecule has 18 nitrogen and oxygen atoms in total. The van der Waals surface area contributed by atoms with Gasteiger partial charge in [0.15, 0.2) is 6.23 Å². The molecule has 0 bridgehead atoms. The number of ether oxygens (including phenoxy) is 1. The molecule has 61 heavy (non-hydrogen) atoms. The summed E-state index contributed by atoms with van der Waals surface area (Å²) < 4.78 is 58.5. The maximum Gasteiger partial charge on any atom is 0.492 e. The van der Waals surface area contributed by atoms with E-state index in [1.54, 1.807) is 30.3 Å². The lowest BCUT2D eigenvalue weighted by molar-refractivity contribution is -0.0585. The molecule has 2 unspecified atom stereocenters. The number of rotatable bonds is 24. The number of hydrogen-bond acceptors (Lipinski definition) is 15. The van der Waals surface area contributed by atoms with Crippen molar-refractivity contribution in [2.24, 2.45) is 0 Å². The number of aromatic nitrogens is 2. The van der Waals surface area contributed by atoms with Gasteiger partial charge in [0, 0.05) is 11.0 Å². The third-order valence-electron chi connectivity index (χ3n) is 9.48. The summed E-state index contributed by atoms with van der Waals surface area (Å²) in [6.45, 7) is 20.6. The number of aromatic amines is 1. The van der Waals surface area contributed by atoms with Crippen molar-refractivity contribution in [3.8, 4) is 0 Å². The van der Waals surface area contributed by atoms with Gasteiger partial charge in [-0.15, -0.1) is 0 Å². The van der Waals surface area contributed by atoms with Crippen LogP contribution >= 0.6 is 35.2 Å². The second kappa shape index (κ2) is 29.1. The Bertz CT molecular complexity index is 1700. The number of nitrogens with zero attached hydrogens (tertiary/aromatic N) is 3. The van der Waals surface area contributed by atoms with Crippen molar-refractivity contribution in [3.05, 3.63) is 57.2 Å². The highest BCUT2D eigenvalue weighted by Gasteiger charge is 2.55. The Labute approximate surface area is 365 Å². The van der Waals surface area contributed by atoms with Gasteiger partial charge in [-0.05, 0) is 89.9 Å². The fraction of sp³-hybridized carbons (Fsp3) is 0.744. The average molecular weight is 945 g/mol. The van der Waals surface area contributed by atoms with Gasteiger partial charge in [-0.25, -0.2) is 18.5 Å². The van der Waals surface area contributed by atoms with Crippen LogP contribution < -0.4 is 11.2 Å². The number of H-pyrrole nitrogens is 1. The van der Waals surface area contributed by atoms with Crippen LogP contribution in [0, 0.1) is 0 Å². The second-order valence-electron chi connectivity index (χ2n) is 14.8. The van der Waals surface area contributed by atoms with Crippen LogP contribution in [0.15, 0.2) is 55.9 Å². The first-order valence-electron chi connectivity index (χ1n) is 21.6. The van der Waals surface area contributed by atoms with E-state index >= 15 is 0 Å². The molecule has 3 heterocycles. The summed E-state index contributed by atoms with van der Waals surface area (Å²) in [6.07, 6.45) is 9.52. The molecule has 4 rings (SSSR count). The highest BCUT2D eigenvalue weighted by molar-refractivity contribution is 7.99. The van der Waals surface area contributed by atoms with E-state index in [0.29, 0.717) is 4.90 Å². The summed E-state index contributed by atoms with van der Waals surface area (Å²) >= 11 is 0.992. The van der Waals surface area contributed by atoms with Gasteiger partial charge in [-0.1, -0.05) is 110 Å². The molecule has 22 heteroatoms.